The molecular formula is C16H28N2. The van der Waals surface area contributed by atoms with Crippen LogP contribution in [-0.2, 0) is 0 Å². The fourth-order valence-electron chi connectivity index (χ4n) is 3.04. The van der Waals surface area contributed by atoms with Crippen molar-refractivity contribution in [2.75, 3.05) is 20.1 Å². The van der Waals surface area contributed by atoms with Gasteiger partial charge in [0.1, 0.15) is 0 Å². The van der Waals surface area contributed by atoms with Gasteiger partial charge in [0.25, 0.3) is 0 Å². The zero-order valence-corrected chi connectivity index (χ0v) is 12.5. The van der Waals surface area contributed by atoms with Crippen molar-refractivity contribution in [2.45, 2.75) is 45.7 Å². The van der Waals surface area contributed by atoms with E-state index in [0.29, 0.717) is 6.04 Å². The summed E-state index contributed by atoms with van der Waals surface area (Å²) in [4.78, 5) is 2.56. The smallest absolute Gasteiger partial charge is 0.0501 e. The first-order valence-electron chi connectivity index (χ1n) is 7.11. The van der Waals surface area contributed by atoms with Crippen molar-refractivity contribution in [3.63, 3.8) is 0 Å². The van der Waals surface area contributed by atoms with Gasteiger partial charge in [0.2, 0.25) is 0 Å². The minimum absolute atomic E-state index is 0.152. The second-order valence-electron chi connectivity index (χ2n) is 5.02. The third-order valence-corrected chi connectivity index (χ3v) is 4.25. The lowest BCUT2D eigenvalue weighted by Gasteiger charge is -2.46. The van der Waals surface area contributed by atoms with Crippen LogP contribution in [0.4, 0.5) is 0 Å². The Balaban J connectivity index is 3.11. The van der Waals surface area contributed by atoms with Crippen LogP contribution in [0.2, 0.25) is 0 Å². The molecule has 0 aromatic heterocycles. The lowest BCUT2D eigenvalue weighted by Crippen LogP contribution is -2.53. The maximum absolute atomic E-state index is 3.52. The number of hydrogen-bond acceptors (Lipinski definition) is 2. The van der Waals surface area contributed by atoms with E-state index in [9.17, 15) is 0 Å². The van der Waals surface area contributed by atoms with Gasteiger partial charge in [0.05, 0.1) is 6.04 Å². The van der Waals surface area contributed by atoms with E-state index in [-0.39, 0.29) is 5.54 Å². The summed E-state index contributed by atoms with van der Waals surface area (Å²) < 4.78 is 0. The number of benzene rings is 1. The summed E-state index contributed by atoms with van der Waals surface area (Å²) in [5.74, 6) is 0. The van der Waals surface area contributed by atoms with Crippen LogP contribution < -0.4 is 5.32 Å². The molecule has 0 saturated carbocycles. The van der Waals surface area contributed by atoms with Gasteiger partial charge in [0, 0.05) is 5.54 Å². The largest absolute Gasteiger partial charge is 0.311 e. The average Bonchev–Trinajstić information content (AvgIpc) is 2.42. The first-order valence-corrected chi connectivity index (χ1v) is 7.11. The Labute approximate surface area is 112 Å². The van der Waals surface area contributed by atoms with Gasteiger partial charge in [-0.25, -0.2) is 0 Å². The molecule has 0 amide bonds. The molecule has 18 heavy (non-hydrogen) atoms. The monoisotopic (exact) mass is 248 g/mol. The maximum Gasteiger partial charge on any atom is 0.0501 e. The number of likely N-dealkylation sites (N-methyl/N-ethyl adjacent to an activating group) is 2. The Morgan fingerprint density at radius 3 is 2.06 bits per heavy atom. The molecule has 0 bridgehead atoms. The predicted octanol–water partition coefficient (Wildman–Crippen LogP) is 3.46. The van der Waals surface area contributed by atoms with Crippen molar-refractivity contribution in [1.29, 1.82) is 0 Å². The Morgan fingerprint density at radius 1 is 1.11 bits per heavy atom. The molecule has 1 rings (SSSR count). The molecule has 1 N–H and O–H groups in total. The molecule has 2 heteroatoms. The second-order valence-corrected chi connectivity index (χ2v) is 5.02. The Kier molecular flexibility index (Phi) is 5.83. The molecule has 102 valence electrons. The summed E-state index contributed by atoms with van der Waals surface area (Å²) >= 11 is 0. The molecule has 0 aliphatic carbocycles. The molecule has 0 fully saturated rings. The standard InChI is InChI=1S/C16H28N2/c1-6-16(4,18(7-2)8-3)15(17-5)14-12-10-9-11-13-14/h9-13,15,17H,6-8H2,1-5H3. The van der Waals surface area contributed by atoms with Crippen LogP contribution in [0.1, 0.15) is 45.7 Å². The second kappa shape index (κ2) is 6.91. The van der Waals surface area contributed by atoms with Crippen LogP contribution in [0.15, 0.2) is 30.3 Å². The lowest BCUT2D eigenvalue weighted by atomic mass is 9.83. The molecule has 2 unspecified atom stereocenters. The third kappa shape index (κ3) is 2.93. The Hall–Kier alpha value is -0.860. The summed E-state index contributed by atoms with van der Waals surface area (Å²) in [7, 11) is 2.06. The van der Waals surface area contributed by atoms with Crippen molar-refractivity contribution in [1.82, 2.24) is 10.2 Å². The zero-order chi connectivity index (χ0) is 13.6. The van der Waals surface area contributed by atoms with E-state index < -0.39 is 0 Å². The normalized spacial score (nSPS) is 16.6. The van der Waals surface area contributed by atoms with E-state index in [1.807, 2.05) is 0 Å². The predicted molar refractivity (Wildman–Crippen MR) is 79.9 cm³/mol. The summed E-state index contributed by atoms with van der Waals surface area (Å²) in [6.07, 6.45) is 1.13. The summed E-state index contributed by atoms with van der Waals surface area (Å²) in [5, 5.41) is 3.52. The molecule has 0 spiro atoms. The highest BCUT2D eigenvalue weighted by Gasteiger charge is 2.36. The van der Waals surface area contributed by atoms with Crippen LogP contribution in [0.25, 0.3) is 0 Å². The van der Waals surface area contributed by atoms with Crippen molar-refractivity contribution in [3.8, 4) is 0 Å². The number of nitrogens with one attached hydrogen (secondary N) is 1. The fourth-order valence-corrected chi connectivity index (χ4v) is 3.04. The zero-order valence-electron chi connectivity index (χ0n) is 12.5. The van der Waals surface area contributed by atoms with Crippen LogP contribution >= 0.6 is 0 Å². The highest BCUT2D eigenvalue weighted by Crippen LogP contribution is 2.33. The highest BCUT2D eigenvalue weighted by molar-refractivity contribution is 5.23. The minimum Gasteiger partial charge on any atom is -0.311 e. The first kappa shape index (κ1) is 15.2. The minimum atomic E-state index is 0.152. The van der Waals surface area contributed by atoms with E-state index >= 15 is 0 Å². The van der Waals surface area contributed by atoms with E-state index in [1.54, 1.807) is 0 Å². The van der Waals surface area contributed by atoms with Crippen molar-refractivity contribution in [2.24, 2.45) is 0 Å². The summed E-state index contributed by atoms with van der Waals surface area (Å²) in [5.41, 5.74) is 1.52. The molecule has 0 heterocycles. The number of rotatable bonds is 7. The van der Waals surface area contributed by atoms with Crippen LogP contribution in [0.5, 0.6) is 0 Å². The van der Waals surface area contributed by atoms with Crippen LogP contribution in [0.3, 0.4) is 0 Å². The van der Waals surface area contributed by atoms with E-state index in [4.69, 9.17) is 0 Å². The van der Waals surface area contributed by atoms with Crippen molar-refractivity contribution >= 4 is 0 Å². The Morgan fingerprint density at radius 2 is 1.67 bits per heavy atom. The molecule has 2 nitrogen and oxygen atoms in total. The van der Waals surface area contributed by atoms with Gasteiger partial charge >= 0.3 is 0 Å². The molecule has 1 aromatic carbocycles. The van der Waals surface area contributed by atoms with Gasteiger partial charge in [-0.3, -0.25) is 4.90 Å². The van der Waals surface area contributed by atoms with Gasteiger partial charge in [-0.15, -0.1) is 0 Å². The SMILES string of the molecule is CCN(CC)C(C)(CC)C(NC)c1ccccc1. The summed E-state index contributed by atoms with van der Waals surface area (Å²) in [6, 6.07) is 11.1. The third-order valence-electron chi connectivity index (χ3n) is 4.25. The van der Waals surface area contributed by atoms with Gasteiger partial charge in [-0.05, 0) is 39.0 Å². The molecule has 1 aromatic rings. The quantitative estimate of drug-likeness (QED) is 0.795. The van der Waals surface area contributed by atoms with Crippen LogP contribution in [0, 0.1) is 0 Å². The molecular weight excluding hydrogens is 220 g/mol. The van der Waals surface area contributed by atoms with E-state index in [1.165, 1.54) is 5.56 Å². The maximum atomic E-state index is 3.52. The number of hydrogen-bond donors (Lipinski definition) is 1. The molecule has 0 aliphatic rings. The molecule has 2 atom stereocenters. The Bertz CT molecular complexity index is 332. The van der Waals surface area contributed by atoms with Gasteiger partial charge in [0.15, 0.2) is 0 Å². The molecule has 0 aliphatic heterocycles. The molecule has 0 saturated heterocycles. The summed E-state index contributed by atoms with van der Waals surface area (Å²) in [6.45, 7) is 11.3. The topological polar surface area (TPSA) is 15.3 Å². The van der Waals surface area contributed by atoms with Crippen molar-refractivity contribution in [3.05, 3.63) is 35.9 Å². The van der Waals surface area contributed by atoms with Crippen molar-refractivity contribution < 1.29 is 0 Å². The van der Waals surface area contributed by atoms with Crippen LogP contribution in [-0.4, -0.2) is 30.6 Å². The fraction of sp³-hybridized carbons (Fsp3) is 0.625. The van der Waals surface area contributed by atoms with E-state index in [0.717, 1.165) is 19.5 Å². The first-order chi connectivity index (χ1) is 8.63. The number of nitrogens with zero attached hydrogens (tertiary/aromatic N) is 1. The van der Waals surface area contributed by atoms with Gasteiger partial charge in [-0.2, -0.15) is 0 Å². The van der Waals surface area contributed by atoms with Gasteiger partial charge in [-0.1, -0.05) is 51.1 Å². The highest BCUT2D eigenvalue weighted by atomic mass is 15.2. The van der Waals surface area contributed by atoms with E-state index in [2.05, 4.69) is 75.3 Å². The molecule has 0 radical (unpaired) electrons. The lowest BCUT2D eigenvalue weighted by molar-refractivity contribution is 0.0728. The average molecular weight is 248 g/mol. The van der Waals surface area contributed by atoms with Gasteiger partial charge < -0.3 is 5.32 Å².